The van der Waals surface area contributed by atoms with Crippen LogP contribution in [-0.4, -0.2) is 49.7 Å². The molecule has 0 aliphatic carbocycles. The number of hydrogen-bond donors (Lipinski definition) is 0. The number of ether oxygens (including phenoxy) is 1. The van der Waals surface area contributed by atoms with Gasteiger partial charge in [0.1, 0.15) is 0 Å². The van der Waals surface area contributed by atoms with Crippen LogP contribution >= 0.6 is 0 Å². The first kappa shape index (κ1) is 11.3. The highest BCUT2D eigenvalue weighted by Crippen LogP contribution is 2.31. The first-order valence-corrected chi connectivity index (χ1v) is 6.63. The Morgan fingerprint density at radius 3 is 2.25 bits per heavy atom. The number of carbonyl (C=O) groups is 2. The summed E-state index contributed by atoms with van der Waals surface area (Å²) in [5.74, 6) is -0.592. The Hall–Kier alpha value is -1.15. The van der Waals surface area contributed by atoms with E-state index in [-0.39, 0.29) is 25.9 Å². The van der Waals surface area contributed by atoms with E-state index < -0.39 is 27.6 Å². The number of nitrogens with zero attached hydrogens (tertiary/aromatic N) is 2. The topological polar surface area (TPSA) is 94.8 Å². The molecule has 0 saturated carbocycles. The van der Waals surface area contributed by atoms with E-state index in [0.29, 0.717) is 0 Å². The van der Waals surface area contributed by atoms with Crippen LogP contribution in [0.5, 0.6) is 0 Å². The highest BCUT2D eigenvalue weighted by atomic mass is 32.2. The molecule has 2 aliphatic rings. The van der Waals surface area contributed by atoms with E-state index in [1.54, 1.807) is 0 Å². The van der Waals surface area contributed by atoms with E-state index in [1.807, 2.05) is 0 Å². The molecule has 16 heavy (non-hydrogen) atoms. The SMILES string of the molecule is CS(=O)(=O)N1CCC2(CC1)OC(=O)[N]C2=O. The molecule has 1 radical (unpaired) electrons. The second-order valence-corrected chi connectivity index (χ2v) is 5.92. The zero-order valence-electron chi connectivity index (χ0n) is 8.67. The monoisotopic (exact) mass is 247 g/mol. The molecule has 2 aliphatic heterocycles. The summed E-state index contributed by atoms with van der Waals surface area (Å²) in [4.78, 5) is 22.3. The molecule has 8 heteroatoms. The van der Waals surface area contributed by atoms with E-state index in [0.717, 1.165) is 6.26 Å². The van der Waals surface area contributed by atoms with Gasteiger partial charge in [0.05, 0.1) is 6.26 Å². The molecule has 1 spiro atoms. The predicted octanol–water partition coefficient (Wildman–Crippen LogP) is -0.938. The normalized spacial score (nSPS) is 25.6. The Balaban J connectivity index is 2.11. The minimum Gasteiger partial charge on any atom is -0.431 e. The highest BCUT2D eigenvalue weighted by molar-refractivity contribution is 7.88. The summed E-state index contributed by atoms with van der Waals surface area (Å²) in [6.45, 7) is 0.348. The Kier molecular flexibility index (Phi) is 2.43. The van der Waals surface area contributed by atoms with Crippen LogP contribution in [0, 0.1) is 0 Å². The number of sulfonamides is 1. The fraction of sp³-hybridized carbons (Fsp3) is 0.750. The molecular weight excluding hydrogens is 236 g/mol. The lowest BCUT2D eigenvalue weighted by molar-refractivity contribution is -0.134. The van der Waals surface area contributed by atoms with Gasteiger partial charge in [-0.15, -0.1) is 5.32 Å². The first-order chi connectivity index (χ1) is 7.33. The van der Waals surface area contributed by atoms with Gasteiger partial charge in [-0.1, -0.05) is 0 Å². The molecule has 7 nitrogen and oxygen atoms in total. The second kappa shape index (κ2) is 3.42. The number of piperidine rings is 1. The minimum absolute atomic E-state index is 0.174. The Bertz CT molecular complexity index is 435. The summed E-state index contributed by atoms with van der Waals surface area (Å²) in [7, 11) is -3.25. The van der Waals surface area contributed by atoms with Gasteiger partial charge in [0.15, 0.2) is 5.60 Å². The fourth-order valence-corrected chi connectivity index (χ4v) is 2.76. The van der Waals surface area contributed by atoms with Crippen molar-refractivity contribution < 1.29 is 22.7 Å². The lowest BCUT2D eigenvalue weighted by atomic mass is 9.92. The molecule has 0 aromatic carbocycles. The number of amides is 2. The molecule has 2 rings (SSSR count). The molecule has 2 heterocycles. The van der Waals surface area contributed by atoms with Crippen LogP contribution in [0.2, 0.25) is 0 Å². The molecule has 0 unspecified atom stereocenters. The van der Waals surface area contributed by atoms with E-state index in [2.05, 4.69) is 5.32 Å². The predicted molar refractivity (Wildman–Crippen MR) is 52.0 cm³/mol. The Labute approximate surface area is 92.8 Å². The molecule has 89 valence electrons. The zero-order valence-corrected chi connectivity index (χ0v) is 9.49. The maximum Gasteiger partial charge on any atom is 0.437 e. The summed E-state index contributed by atoms with van der Waals surface area (Å²) in [6, 6.07) is 0. The van der Waals surface area contributed by atoms with Gasteiger partial charge in [-0.2, -0.15) is 0 Å². The van der Waals surface area contributed by atoms with Crippen molar-refractivity contribution in [2.75, 3.05) is 19.3 Å². The first-order valence-electron chi connectivity index (χ1n) is 4.78. The van der Waals surface area contributed by atoms with Gasteiger partial charge in [-0.05, 0) is 0 Å². The standard InChI is InChI=1S/C8H11N2O5S/c1-16(13,14)10-4-2-8(3-5-10)6(11)9-7(12)15-8/h2-5H2,1H3. The molecule has 2 fully saturated rings. The fourth-order valence-electron chi connectivity index (χ4n) is 1.91. The van der Waals surface area contributed by atoms with Gasteiger partial charge >= 0.3 is 6.09 Å². The number of imide groups is 1. The van der Waals surface area contributed by atoms with Gasteiger partial charge in [-0.25, -0.2) is 17.5 Å². The summed E-state index contributed by atoms with van der Waals surface area (Å²) < 4.78 is 28.6. The highest BCUT2D eigenvalue weighted by Gasteiger charge is 2.52. The van der Waals surface area contributed by atoms with Gasteiger partial charge in [-0.3, -0.25) is 4.79 Å². The van der Waals surface area contributed by atoms with E-state index in [9.17, 15) is 18.0 Å². The number of hydrogen-bond acceptors (Lipinski definition) is 5. The molecule has 0 bridgehead atoms. The van der Waals surface area contributed by atoms with E-state index >= 15 is 0 Å². The third-order valence-electron chi connectivity index (χ3n) is 2.86. The van der Waals surface area contributed by atoms with Crippen molar-refractivity contribution in [1.82, 2.24) is 9.62 Å². The van der Waals surface area contributed by atoms with E-state index in [1.165, 1.54) is 4.31 Å². The molecule has 0 N–H and O–H groups in total. The van der Waals surface area contributed by atoms with Crippen molar-refractivity contribution in [3.8, 4) is 0 Å². The quantitative estimate of drug-likeness (QED) is 0.596. The van der Waals surface area contributed by atoms with Crippen LogP contribution in [0.15, 0.2) is 0 Å². The van der Waals surface area contributed by atoms with Crippen LogP contribution in [0.4, 0.5) is 4.79 Å². The molecule has 0 atom stereocenters. The van der Waals surface area contributed by atoms with Crippen molar-refractivity contribution in [3.05, 3.63) is 0 Å². The Morgan fingerprint density at radius 2 is 1.88 bits per heavy atom. The third-order valence-corrected chi connectivity index (χ3v) is 4.17. The van der Waals surface area contributed by atoms with Crippen molar-refractivity contribution in [1.29, 1.82) is 0 Å². The van der Waals surface area contributed by atoms with Crippen molar-refractivity contribution in [2.24, 2.45) is 0 Å². The van der Waals surface area contributed by atoms with E-state index in [4.69, 9.17) is 4.74 Å². The van der Waals surface area contributed by atoms with Crippen LogP contribution in [-0.2, 0) is 19.6 Å². The van der Waals surface area contributed by atoms with Crippen LogP contribution < -0.4 is 5.32 Å². The zero-order chi connectivity index (χ0) is 12.0. The van der Waals surface area contributed by atoms with Crippen LogP contribution in [0.1, 0.15) is 12.8 Å². The van der Waals surface area contributed by atoms with Crippen molar-refractivity contribution in [3.63, 3.8) is 0 Å². The molecule has 2 amide bonds. The van der Waals surface area contributed by atoms with Gasteiger partial charge in [0.2, 0.25) is 10.0 Å². The van der Waals surface area contributed by atoms with Gasteiger partial charge in [0.25, 0.3) is 5.91 Å². The lowest BCUT2D eigenvalue weighted by Crippen LogP contribution is -2.50. The molecule has 0 aromatic heterocycles. The Morgan fingerprint density at radius 1 is 1.31 bits per heavy atom. The average Bonchev–Trinajstić information content (AvgIpc) is 2.41. The van der Waals surface area contributed by atoms with Crippen molar-refractivity contribution in [2.45, 2.75) is 18.4 Å². The van der Waals surface area contributed by atoms with Crippen molar-refractivity contribution >= 4 is 22.0 Å². The molecule has 2 saturated heterocycles. The molecular formula is C8H11N2O5S. The average molecular weight is 247 g/mol. The second-order valence-electron chi connectivity index (χ2n) is 3.94. The smallest absolute Gasteiger partial charge is 0.431 e. The van der Waals surface area contributed by atoms with Crippen LogP contribution in [0.25, 0.3) is 0 Å². The lowest BCUT2D eigenvalue weighted by Gasteiger charge is -2.34. The maximum absolute atomic E-state index is 11.4. The third kappa shape index (κ3) is 1.78. The summed E-state index contributed by atoms with van der Waals surface area (Å²) in [5, 5.41) is 3.19. The summed E-state index contributed by atoms with van der Waals surface area (Å²) in [6.07, 6.45) is 0.581. The summed E-state index contributed by atoms with van der Waals surface area (Å²) in [5.41, 5.74) is -1.21. The summed E-state index contributed by atoms with van der Waals surface area (Å²) >= 11 is 0. The van der Waals surface area contributed by atoms with Crippen LogP contribution in [0.3, 0.4) is 0 Å². The maximum atomic E-state index is 11.4. The minimum atomic E-state index is -3.25. The number of carbonyl (C=O) groups excluding carboxylic acids is 2. The van der Waals surface area contributed by atoms with Gasteiger partial charge < -0.3 is 4.74 Å². The van der Waals surface area contributed by atoms with Gasteiger partial charge in [0, 0.05) is 25.9 Å². The largest absolute Gasteiger partial charge is 0.437 e. The number of rotatable bonds is 1. The molecule has 0 aromatic rings.